The van der Waals surface area contributed by atoms with Gasteiger partial charge in [-0.2, -0.15) is 0 Å². The third-order valence-corrected chi connectivity index (χ3v) is 3.06. The van der Waals surface area contributed by atoms with Crippen LogP contribution in [0.5, 0.6) is 11.5 Å². The molecular weight excluding hydrogens is 276 g/mol. The van der Waals surface area contributed by atoms with Crippen molar-refractivity contribution in [2.45, 2.75) is 0 Å². The highest BCUT2D eigenvalue weighted by Crippen LogP contribution is 2.31. The van der Waals surface area contributed by atoms with Gasteiger partial charge in [-0.05, 0) is 24.3 Å². The van der Waals surface area contributed by atoms with Crippen LogP contribution in [0.15, 0.2) is 54.8 Å². The van der Waals surface area contributed by atoms with Gasteiger partial charge >= 0.3 is 11.5 Å². The van der Waals surface area contributed by atoms with Crippen molar-refractivity contribution < 1.29 is 13.6 Å². The summed E-state index contributed by atoms with van der Waals surface area (Å²) < 4.78 is 15.7. The molecule has 0 amide bonds. The summed E-state index contributed by atoms with van der Waals surface area (Å²) in [5, 5.41) is 0. The number of H-pyrrole nitrogens is 2. The Labute approximate surface area is 115 Å². The molecule has 4 rings (SSSR count). The van der Waals surface area contributed by atoms with E-state index in [4.69, 9.17) is 13.6 Å². The van der Waals surface area contributed by atoms with E-state index in [9.17, 15) is 9.59 Å². The molecule has 7 heteroatoms. The number of benzene rings is 2. The quantitative estimate of drug-likeness (QED) is 0.588. The lowest BCUT2D eigenvalue weighted by Gasteiger charge is -2.06. The summed E-state index contributed by atoms with van der Waals surface area (Å²) >= 11 is 0. The van der Waals surface area contributed by atoms with Crippen LogP contribution in [0.3, 0.4) is 0 Å². The Morgan fingerprint density at radius 1 is 0.762 bits per heavy atom. The Balaban J connectivity index is 1.90. The monoisotopic (exact) mass is 284 g/mol. The SMILES string of the molecule is O=c1[nH]c2c(Oc3cccc4oc(=O)[nH]c34)cccc2o1. The van der Waals surface area contributed by atoms with Gasteiger partial charge in [0.1, 0.15) is 11.0 Å². The van der Waals surface area contributed by atoms with E-state index in [1.807, 2.05) is 0 Å². The maximum absolute atomic E-state index is 11.3. The van der Waals surface area contributed by atoms with Crippen LogP contribution in [0, 0.1) is 0 Å². The van der Waals surface area contributed by atoms with E-state index in [1.165, 1.54) is 0 Å². The fourth-order valence-corrected chi connectivity index (χ4v) is 2.18. The van der Waals surface area contributed by atoms with E-state index in [0.717, 1.165) is 0 Å². The summed E-state index contributed by atoms with van der Waals surface area (Å²) in [4.78, 5) is 27.7. The molecule has 0 radical (unpaired) electrons. The highest BCUT2D eigenvalue weighted by molar-refractivity contribution is 5.82. The minimum absolute atomic E-state index is 0.394. The molecule has 2 aromatic carbocycles. The molecule has 0 saturated carbocycles. The van der Waals surface area contributed by atoms with Gasteiger partial charge in [-0.3, -0.25) is 9.97 Å². The van der Waals surface area contributed by atoms with Gasteiger partial charge in [0, 0.05) is 0 Å². The normalized spacial score (nSPS) is 11.2. The first-order valence-electron chi connectivity index (χ1n) is 6.12. The predicted molar refractivity (Wildman–Crippen MR) is 73.7 cm³/mol. The third-order valence-electron chi connectivity index (χ3n) is 3.06. The molecule has 2 N–H and O–H groups in total. The molecule has 0 fully saturated rings. The van der Waals surface area contributed by atoms with E-state index in [2.05, 4.69) is 9.97 Å². The summed E-state index contributed by atoms with van der Waals surface area (Å²) in [6.07, 6.45) is 0. The number of fused-ring (bicyclic) bond motifs is 2. The second-order valence-corrected chi connectivity index (χ2v) is 4.39. The molecule has 0 atom stereocenters. The Morgan fingerprint density at radius 3 is 1.71 bits per heavy atom. The van der Waals surface area contributed by atoms with Crippen molar-refractivity contribution in [3.63, 3.8) is 0 Å². The second kappa shape index (κ2) is 4.14. The van der Waals surface area contributed by atoms with Crippen LogP contribution in [0.25, 0.3) is 22.2 Å². The number of aromatic nitrogens is 2. The largest absolute Gasteiger partial charge is 0.453 e. The topological polar surface area (TPSA) is 101 Å². The molecular formula is C14H8N2O5. The number of oxazole rings is 2. The molecule has 7 nitrogen and oxygen atoms in total. The van der Waals surface area contributed by atoms with Gasteiger partial charge in [-0.1, -0.05) is 12.1 Å². The minimum Gasteiger partial charge on any atom is -0.453 e. The van der Waals surface area contributed by atoms with Gasteiger partial charge in [0.15, 0.2) is 22.7 Å². The minimum atomic E-state index is -0.559. The van der Waals surface area contributed by atoms with Crippen molar-refractivity contribution in [2.75, 3.05) is 0 Å². The zero-order chi connectivity index (χ0) is 14.4. The van der Waals surface area contributed by atoms with Gasteiger partial charge in [0.2, 0.25) is 0 Å². The maximum atomic E-state index is 11.3. The standard InChI is InChI=1S/C14H8N2O5/c17-13-15-11-7(3-1-5-9(11)20-13)19-8-4-2-6-10-12(8)16-14(18)21-10/h1-6H,(H,15,17)(H,16,18). The molecule has 2 aromatic heterocycles. The predicted octanol–water partition coefficient (Wildman–Crippen LogP) is 2.35. The third kappa shape index (κ3) is 1.83. The van der Waals surface area contributed by atoms with Gasteiger partial charge < -0.3 is 13.6 Å². The first-order valence-corrected chi connectivity index (χ1v) is 6.12. The number of hydrogen-bond acceptors (Lipinski definition) is 5. The zero-order valence-corrected chi connectivity index (χ0v) is 10.5. The Kier molecular flexibility index (Phi) is 2.28. The van der Waals surface area contributed by atoms with Gasteiger partial charge in [0.25, 0.3) is 0 Å². The number of hydrogen-bond donors (Lipinski definition) is 2. The van der Waals surface area contributed by atoms with Crippen molar-refractivity contribution >= 4 is 22.2 Å². The molecule has 0 aliphatic heterocycles. The van der Waals surface area contributed by atoms with Crippen LogP contribution >= 0.6 is 0 Å². The van der Waals surface area contributed by atoms with Crippen molar-refractivity contribution in [3.05, 3.63) is 57.5 Å². The Hall–Kier alpha value is -3.22. The van der Waals surface area contributed by atoms with E-state index < -0.39 is 11.5 Å². The number of nitrogens with one attached hydrogen (secondary N) is 2. The molecule has 2 heterocycles. The summed E-state index contributed by atoms with van der Waals surface area (Å²) in [5.41, 5.74) is 1.69. The van der Waals surface area contributed by atoms with Crippen LogP contribution in [0.4, 0.5) is 0 Å². The molecule has 0 unspecified atom stereocenters. The molecule has 0 saturated heterocycles. The Morgan fingerprint density at radius 2 is 1.24 bits per heavy atom. The van der Waals surface area contributed by atoms with Crippen LogP contribution in [-0.2, 0) is 0 Å². The second-order valence-electron chi connectivity index (χ2n) is 4.39. The van der Waals surface area contributed by atoms with Gasteiger partial charge in [0.05, 0.1) is 0 Å². The first-order chi connectivity index (χ1) is 10.2. The van der Waals surface area contributed by atoms with Crippen LogP contribution in [-0.4, -0.2) is 9.97 Å². The van der Waals surface area contributed by atoms with Crippen molar-refractivity contribution in [3.8, 4) is 11.5 Å². The summed E-state index contributed by atoms with van der Waals surface area (Å²) in [7, 11) is 0. The molecule has 0 bridgehead atoms. The smallest absolute Gasteiger partial charge is 0.417 e. The maximum Gasteiger partial charge on any atom is 0.417 e. The van der Waals surface area contributed by atoms with E-state index in [1.54, 1.807) is 36.4 Å². The number of para-hydroxylation sites is 2. The Bertz CT molecular complexity index is 980. The molecule has 104 valence electrons. The summed E-state index contributed by atoms with van der Waals surface area (Å²) in [6.45, 7) is 0. The highest BCUT2D eigenvalue weighted by Gasteiger charge is 2.12. The van der Waals surface area contributed by atoms with Crippen molar-refractivity contribution in [1.82, 2.24) is 9.97 Å². The summed E-state index contributed by atoms with van der Waals surface area (Å²) in [6, 6.07) is 10.1. The van der Waals surface area contributed by atoms with Gasteiger partial charge in [-0.15, -0.1) is 0 Å². The van der Waals surface area contributed by atoms with E-state index in [-0.39, 0.29) is 0 Å². The molecule has 0 aliphatic rings. The van der Waals surface area contributed by atoms with Crippen LogP contribution in [0.1, 0.15) is 0 Å². The number of aromatic amines is 2. The van der Waals surface area contributed by atoms with E-state index in [0.29, 0.717) is 33.7 Å². The van der Waals surface area contributed by atoms with Crippen molar-refractivity contribution in [2.24, 2.45) is 0 Å². The zero-order valence-electron chi connectivity index (χ0n) is 10.5. The molecule has 4 aromatic rings. The van der Waals surface area contributed by atoms with Crippen LogP contribution in [0.2, 0.25) is 0 Å². The highest BCUT2D eigenvalue weighted by atomic mass is 16.5. The lowest BCUT2D eigenvalue weighted by Crippen LogP contribution is -1.95. The molecule has 21 heavy (non-hydrogen) atoms. The fourth-order valence-electron chi connectivity index (χ4n) is 2.18. The number of ether oxygens (including phenoxy) is 1. The number of rotatable bonds is 2. The molecule has 0 spiro atoms. The molecule has 0 aliphatic carbocycles. The average Bonchev–Trinajstić information content (AvgIpc) is 3.01. The first kappa shape index (κ1) is 11.6. The fraction of sp³-hybridized carbons (Fsp3) is 0. The van der Waals surface area contributed by atoms with Crippen LogP contribution < -0.4 is 16.2 Å². The van der Waals surface area contributed by atoms with E-state index >= 15 is 0 Å². The summed E-state index contributed by atoms with van der Waals surface area (Å²) in [5.74, 6) is -0.298. The lowest BCUT2D eigenvalue weighted by molar-refractivity contribution is 0.491. The van der Waals surface area contributed by atoms with Gasteiger partial charge in [-0.25, -0.2) is 9.59 Å². The average molecular weight is 284 g/mol. The lowest BCUT2D eigenvalue weighted by atomic mass is 10.3. The van der Waals surface area contributed by atoms with Crippen molar-refractivity contribution in [1.29, 1.82) is 0 Å².